The maximum absolute atomic E-state index is 6.07. The summed E-state index contributed by atoms with van der Waals surface area (Å²) in [6.07, 6.45) is 0.122. The maximum atomic E-state index is 6.07. The van der Waals surface area contributed by atoms with Gasteiger partial charge >= 0.3 is 9.28 Å². The molecule has 0 heterocycles. The third kappa shape index (κ3) is 6.15. The maximum Gasteiger partial charge on any atom is 0.391 e. The smallest absolute Gasteiger partial charge is 0.391 e. The average molecular weight is 297 g/mol. The summed E-state index contributed by atoms with van der Waals surface area (Å²) in [4.78, 5) is 0. The minimum atomic E-state index is -1.49. The molecule has 1 aromatic rings. The van der Waals surface area contributed by atoms with E-state index in [4.69, 9.17) is 18.3 Å². The van der Waals surface area contributed by atoms with Gasteiger partial charge in [0.25, 0.3) is 0 Å². The fourth-order valence-electron chi connectivity index (χ4n) is 1.76. The molecule has 1 unspecified atom stereocenters. The first kappa shape index (κ1) is 17.3. The lowest BCUT2D eigenvalue weighted by Crippen LogP contribution is -2.44. The molecule has 0 aliphatic heterocycles. The standard InChI is InChI=1S/C15H25O4Si/c1-13(2)18-20(11-14-9-7-6-8-10-14)19-15(3,17-5)12-16-4/h6-10,13H,11-12H2,1-5H3. The van der Waals surface area contributed by atoms with E-state index in [1.165, 1.54) is 5.56 Å². The van der Waals surface area contributed by atoms with Crippen LogP contribution in [0.3, 0.4) is 0 Å². The Hall–Kier alpha value is -0.723. The van der Waals surface area contributed by atoms with Crippen LogP contribution in [0.4, 0.5) is 0 Å². The highest BCUT2D eigenvalue weighted by Gasteiger charge is 2.32. The first-order valence-electron chi connectivity index (χ1n) is 6.78. The number of benzene rings is 1. The van der Waals surface area contributed by atoms with Gasteiger partial charge in [0.1, 0.15) is 0 Å². The molecule has 113 valence electrons. The lowest BCUT2D eigenvalue weighted by atomic mass is 10.2. The lowest BCUT2D eigenvalue weighted by Gasteiger charge is -2.31. The van der Waals surface area contributed by atoms with Gasteiger partial charge in [0.05, 0.1) is 6.61 Å². The first-order chi connectivity index (χ1) is 9.49. The van der Waals surface area contributed by atoms with Gasteiger partial charge in [0.2, 0.25) is 0 Å². The molecule has 1 radical (unpaired) electrons. The van der Waals surface area contributed by atoms with E-state index in [-0.39, 0.29) is 6.10 Å². The van der Waals surface area contributed by atoms with Crippen molar-refractivity contribution in [3.63, 3.8) is 0 Å². The zero-order valence-corrected chi connectivity index (χ0v) is 14.0. The molecule has 0 amide bonds. The Morgan fingerprint density at radius 3 is 2.30 bits per heavy atom. The van der Waals surface area contributed by atoms with Crippen LogP contribution in [0.25, 0.3) is 0 Å². The number of hydrogen-bond donors (Lipinski definition) is 0. The van der Waals surface area contributed by atoms with Crippen LogP contribution in [0.2, 0.25) is 0 Å². The van der Waals surface area contributed by atoms with Crippen LogP contribution in [0.1, 0.15) is 26.3 Å². The summed E-state index contributed by atoms with van der Waals surface area (Å²) in [5.74, 6) is -0.771. The van der Waals surface area contributed by atoms with Gasteiger partial charge < -0.3 is 18.3 Å². The Morgan fingerprint density at radius 1 is 1.15 bits per heavy atom. The van der Waals surface area contributed by atoms with Crippen LogP contribution in [0.15, 0.2) is 30.3 Å². The summed E-state index contributed by atoms with van der Waals surface area (Å²) in [5.41, 5.74) is 1.21. The van der Waals surface area contributed by atoms with E-state index >= 15 is 0 Å². The van der Waals surface area contributed by atoms with E-state index < -0.39 is 15.1 Å². The van der Waals surface area contributed by atoms with E-state index in [1.54, 1.807) is 14.2 Å². The van der Waals surface area contributed by atoms with Gasteiger partial charge in [0.15, 0.2) is 5.79 Å². The highest BCUT2D eigenvalue weighted by molar-refractivity contribution is 6.44. The molecule has 0 fully saturated rings. The minimum Gasteiger partial charge on any atom is -0.391 e. The molecule has 4 nitrogen and oxygen atoms in total. The zero-order valence-electron chi connectivity index (χ0n) is 13.0. The van der Waals surface area contributed by atoms with Crippen LogP contribution >= 0.6 is 0 Å². The third-order valence-corrected chi connectivity index (χ3v) is 4.82. The van der Waals surface area contributed by atoms with E-state index in [2.05, 4.69) is 12.1 Å². The highest BCUT2D eigenvalue weighted by atomic mass is 28.3. The summed E-state index contributed by atoms with van der Waals surface area (Å²) in [5, 5.41) is 0. The van der Waals surface area contributed by atoms with Gasteiger partial charge in [-0.15, -0.1) is 0 Å². The molecule has 0 saturated heterocycles. The molecule has 1 aromatic carbocycles. The van der Waals surface area contributed by atoms with Crippen molar-refractivity contribution in [2.45, 2.75) is 38.7 Å². The normalized spacial score (nSPS) is 14.8. The second-order valence-electron chi connectivity index (χ2n) is 5.07. The highest BCUT2D eigenvalue weighted by Crippen LogP contribution is 2.17. The molecule has 0 N–H and O–H groups in total. The molecule has 1 rings (SSSR count). The molecule has 0 aromatic heterocycles. The first-order valence-corrected chi connectivity index (χ1v) is 8.31. The minimum absolute atomic E-state index is 0.122. The molecule has 5 heteroatoms. The van der Waals surface area contributed by atoms with Gasteiger partial charge in [-0.1, -0.05) is 30.3 Å². The molecule has 1 atom stereocenters. The van der Waals surface area contributed by atoms with Crippen LogP contribution in [-0.4, -0.2) is 42.0 Å². The quantitative estimate of drug-likeness (QED) is 0.519. The Kier molecular flexibility index (Phi) is 7.40. The Balaban J connectivity index is 2.73. The second-order valence-corrected chi connectivity index (χ2v) is 6.61. The monoisotopic (exact) mass is 297 g/mol. The molecule has 0 aliphatic carbocycles. The molecule has 0 bridgehead atoms. The summed E-state index contributed by atoms with van der Waals surface area (Å²) in [6, 6.07) is 11.0. The largest absolute Gasteiger partial charge is 0.391 e. The van der Waals surface area contributed by atoms with Crippen LogP contribution < -0.4 is 0 Å². The summed E-state index contributed by atoms with van der Waals surface area (Å²) in [7, 11) is 1.76. The fraction of sp³-hybridized carbons (Fsp3) is 0.600. The van der Waals surface area contributed by atoms with Crippen molar-refractivity contribution in [1.82, 2.24) is 0 Å². The van der Waals surface area contributed by atoms with Crippen molar-refractivity contribution in [2.75, 3.05) is 20.8 Å². The number of ether oxygens (including phenoxy) is 2. The van der Waals surface area contributed by atoms with Crippen molar-refractivity contribution in [3.05, 3.63) is 35.9 Å². The fourth-order valence-corrected chi connectivity index (χ4v) is 3.68. The summed E-state index contributed by atoms with van der Waals surface area (Å²) < 4.78 is 22.6. The van der Waals surface area contributed by atoms with Crippen molar-refractivity contribution in [2.24, 2.45) is 0 Å². The van der Waals surface area contributed by atoms with Gasteiger partial charge in [-0.3, -0.25) is 0 Å². The average Bonchev–Trinajstić information content (AvgIpc) is 2.39. The van der Waals surface area contributed by atoms with Crippen molar-refractivity contribution < 1.29 is 18.3 Å². The molecule has 0 spiro atoms. The van der Waals surface area contributed by atoms with E-state index in [1.807, 2.05) is 39.0 Å². The number of methoxy groups -OCH3 is 2. The molecule has 20 heavy (non-hydrogen) atoms. The van der Waals surface area contributed by atoms with Gasteiger partial charge in [-0.05, 0) is 26.3 Å². The number of hydrogen-bond acceptors (Lipinski definition) is 4. The van der Waals surface area contributed by atoms with Crippen LogP contribution in [-0.2, 0) is 24.4 Å². The molecular weight excluding hydrogens is 272 g/mol. The van der Waals surface area contributed by atoms with Gasteiger partial charge in [-0.2, -0.15) is 0 Å². The van der Waals surface area contributed by atoms with E-state index in [0.717, 1.165) is 6.04 Å². The Bertz CT molecular complexity index is 371. The predicted octanol–water partition coefficient (Wildman–Crippen LogP) is 2.71. The van der Waals surface area contributed by atoms with Crippen molar-refractivity contribution in [1.29, 1.82) is 0 Å². The van der Waals surface area contributed by atoms with Gasteiger partial charge in [0, 0.05) is 26.4 Å². The summed E-state index contributed by atoms with van der Waals surface area (Å²) in [6.45, 7) is 6.27. The van der Waals surface area contributed by atoms with E-state index in [9.17, 15) is 0 Å². The third-order valence-electron chi connectivity index (χ3n) is 2.73. The topological polar surface area (TPSA) is 36.9 Å². The van der Waals surface area contributed by atoms with Crippen molar-refractivity contribution in [3.8, 4) is 0 Å². The van der Waals surface area contributed by atoms with Crippen LogP contribution in [0.5, 0.6) is 0 Å². The molecule has 0 aliphatic rings. The van der Waals surface area contributed by atoms with Gasteiger partial charge in [-0.25, -0.2) is 0 Å². The lowest BCUT2D eigenvalue weighted by molar-refractivity contribution is -0.192. The second kappa shape index (κ2) is 8.54. The summed E-state index contributed by atoms with van der Waals surface area (Å²) >= 11 is 0. The zero-order chi connectivity index (χ0) is 15.0. The van der Waals surface area contributed by atoms with Crippen LogP contribution in [0, 0.1) is 0 Å². The Morgan fingerprint density at radius 2 is 1.80 bits per heavy atom. The van der Waals surface area contributed by atoms with Crippen molar-refractivity contribution >= 4 is 9.28 Å². The number of rotatable bonds is 9. The van der Waals surface area contributed by atoms with E-state index in [0.29, 0.717) is 6.61 Å². The molecule has 0 saturated carbocycles. The molecular formula is C15H25O4Si. The predicted molar refractivity (Wildman–Crippen MR) is 80.5 cm³/mol. The Labute approximate surface area is 123 Å². The SMILES string of the molecule is COCC(C)(OC)O[Si](Cc1ccccc1)OC(C)C.